The van der Waals surface area contributed by atoms with Gasteiger partial charge in [0.15, 0.2) is 5.78 Å². The van der Waals surface area contributed by atoms with E-state index in [2.05, 4.69) is 22.9 Å². The van der Waals surface area contributed by atoms with Crippen LogP contribution in [-0.2, 0) is 19.2 Å². The van der Waals surface area contributed by atoms with Crippen molar-refractivity contribution in [2.45, 2.75) is 162 Å². The zero-order chi connectivity index (χ0) is 30.0. The third-order valence-corrected chi connectivity index (χ3v) is 7.41. The highest BCUT2D eigenvalue weighted by Gasteiger charge is 2.21. The fourth-order valence-electron chi connectivity index (χ4n) is 4.89. The third-order valence-electron chi connectivity index (χ3n) is 7.41. The van der Waals surface area contributed by atoms with Gasteiger partial charge >= 0.3 is 5.97 Å². The number of carbonyl (C=O) groups excluding carboxylic acids is 3. The molecule has 0 heterocycles. The molecule has 234 valence electrons. The van der Waals surface area contributed by atoms with Crippen molar-refractivity contribution < 1.29 is 24.3 Å². The highest BCUT2D eigenvalue weighted by molar-refractivity contribution is 5.85. The van der Waals surface area contributed by atoms with Crippen molar-refractivity contribution in [2.75, 3.05) is 13.1 Å². The number of ketones is 1. The van der Waals surface area contributed by atoms with E-state index in [1.54, 1.807) is 0 Å². The first-order valence-electron chi connectivity index (χ1n) is 16.3. The molecule has 0 saturated carbocycles. The molecule has 0 unspecified atom stereocenters. The molecule has 40 heavy (non-hydrogen) atoms. The highest BCUT2D eigenvalue weighted by atomic mass is 16.4. The summed E-state index contributed by atoms with van der Waals surface area (Å²) in [6, 6.07) is -1.21. The number of unbranched alkanes of at least 4 members (excludes halogenated alkanes) is 13. The van der Waals surface area contributed by atoms with Crippen LogP contribution < -0.4 is 16.0 Å². The average Bonchev–Trinajstić information content (AvgIpc) is 2.92. The van der Waals surface area contributed by atoms with Crippen molar-refractivity contribution in [3.8, 4) is 0 Å². The van der Waals surface area contributed by atoms with Gasteiger partial charge < -0.3 is 21.1 Å². The van der Waals surface area contributed by atoms with Crippen LogP contribution in [0.3, 0.4) is 0 Å². The molecule has 0 aromatic rings. The fraction of sp³-hybridized carbons (Fsp3) is 0.875. The van der Waals surface area contributed by atoms with Crippen LogP contribution in [0.25, 0.3) is 0 Å². The summed E-state index contributed by atoms with van der Waals surface area (Å²) in [6.45, 7) is 9.25. The summed E-state index contributed by atoms with van der Waals surface area (Å²) >= 11 is 0. The highest BCUT2D eigenvalue weighted by Crippen LogP contribution is 2.13. The number of likely N-dealkylation sites (N-methyl/N-ethyl adjacent to an activating group) is 1. The van der Waals surface area contributed by atoms with Gasteiger partial charge in [-0.3, -0.25) is 14.4 Å². The number of amides is 2. The Morgan fingerprint density at radius 1 is 0.625 bits per heavy atom. The molecule has 8 nitrogen and oxygen atoms in total. The summed E-state index contributed by atoms with van der Waals surface area (Å²) < 4.78 is 0. The van der Waals surface area contributed by atoms with Gasteiger partial charge in [-0.1, -0.05) is 105 Å². The molecule has 0 radical (unpaired) electrons. The Morgan fingerprint density at radius 2 is 1.18 bits per heavy atom. The number of nitrogens with one attached hydrogen (secondary N) is 3. The minimum Gasteiger partial charge on any atom is -0.480 e. The Morgan fingerprint density at radius 3 is 1.68 bits per heavy atom. The maximum atomic E-state index is 12.2. The van der Waals surface area contributed by atoms with Gasteiger partial charge in [0.1, 0.15) is 6.04 Å². The van der Waals surface area contributed by atoms with E-state index in [0.29, 0.717) is 13.0 Å². The molecule has 0 fully saturated rings. The van der Waals surface area contributed by atoms with Gasteiger partial charge in [0.2, 0.25) is 11.8 Å². The normalized spacial score (nSPS) is 12.7. The monoisotopic (exact) mass is 567 g/mol. The van der Waals surface area contributed by atoms with E-state index in [-0.39, 0.29) is 42.4 Å². The quantitative estimate of drug-likeness (QED) is 0.0822. The van der Waals surface area contributed by atoms with E-state index in [1.165, 1.54) is 64.2 Å². The van der Waals surface area contributed by atoms with Crippen LogP contribution in [-0.4, -0.2) is 53.8 Å². The van der Waals surface area contributed by atoms with Gasteiger partial charge in [-0.25, -0.2) is 4.79 Å². The lowest BCUT2D eigenvalue weighted by Crippen LogP contribution is -2.41. The summed E-state index contributed by atoms with van der Waals surface area (Å²) in [5.74, 6) is -1.40. The average molecular weight is 568 g/mol. The third kappa shape index (κ3) is 21.8. The van der Waals surface area contributed by atoms with Crippen LogP contribution in [0.1, 0.15) is 150 Å². The van der Waals surface area contributed by atoms with Gasteiger partial charge in [-0.05, 0) is 38.6 Å². The predicted molar refractivity (Wildman–Crippen MR) is 163 cm³/mol. The van der Waals surface area contributed by atoms with Crippen LogP contribution >= 0.6 is 0 Å². The summed E-state index contributed by atoms with van der Waals surface area (Å²) in [7, 11) is 0. The Kier molecular flexibility index (Phi) is 24.7. The van der Waals surface area contributed by atoms with Crippen molar-refractivity contribution >= 4 is 23.6 Å². The SMILES string of the molecule is CCCCCCCCCCCCCCCC(=O)N[C@@H](CCC(=O)NCCCC[C@H](NCC)C(=O)C(C)C)C(=O)O. The van der Waals surface area contributed by atoms with Gasteiger partial charge in [-0.2, -0.15) is 0 Å². The van der Waals surface area contributed by atoms with Crippen molar-refractivity contribution in [3.05, 3.63) is 0 Å². The van der Waals surface area contributed by atoms with E-state index in [9.17, 15) is 24.3 Å². The number of Topliss-reactive ketones (excluding diaryl/α,β-unsaturated/α-hetero) is 1. The molecule has 4 N–H and O–H groups in total. The van der Waals surface area contributed by atoms with Crippen LogP contribution in [0, 0.1) is 5.92 Å². The molecule has 0 aliphatic heterocycles. The molecule has 0 bridgehead atoms. The lowest BCUT2D eigenvalue weighted by molar-refractivity contribution is -0.142. The summed E-state index contributed by atoms with van der Waals surface area (Å²) in [4.78, 5) is 48.2. The lowest BCUT2D eigenvalue weighted by Gasteiger charge is -2.18. The van der Waals surface area contributed by atoms with E-state index in [4.69, 9.17) is 0 Å². The van der Waals surface area contributed by atoms with E-state index >= 15 is 0 Å². The molecule has 0 aromatic heterocycles. The van der Waals surface area contributed by atoms with Crippen molar-refractivity contribution in [1.82, 2.24) is 16.0 Å². The van der Waals surface area contributed by atoms with Gasteiger partial charge in [0.25, 0.3) is 0 Å². The van der Waals surface area contributed by atoms with Gasteiger partial charge in [0, 0.05) is 25.3 Å². The molecule has 2 amide bonds. The van der Waals surface area contributed by atoms with Gasteiger partial charge in [-0.15, -0.1) is 0 Å². The van der Waals surface area contributed by atoms with Crippen molar-refractivity contribution in [2.24, 2.45) is 5.92 Å². The molecule has 0 aliphatic carbocycles. The zero-order valence-corrected chi connectivity index (χ0v) is 26.2. The van der Waals surface area contributed by atoms with Gasteiger partial charge in [0.05, 0.1) is 6.04 Å². The number of rotatable bonds is 28. The fourth-order valence-corrected chi connectivity index (χ4v) is 4.89. The topological polar surface area (TPSA) is 125 Å². The van der Waals surface area contributed by atoms with Crippen LogP contribution in [0.15, 0.2) is 0 Å². The number of carboxylic acid groups (broad SMARTS) is 1. The minimum atomic E-state index is -1.12. The Hall–Kier alpha value is -1.96. The maximum absolute atomic E-state index is 12.2. The lowest BCUT2D eigenvalue weighted by atomic mass is 9.97. The summed E-state index contributed by atoms with van der Waals surface area (Å²) in [6.07, 6.45) is 18.7. The van der Waals surface area contributed by atoms with E-state index in [0.717, 1.165) is 45.1 Å². The molecule has 0 saturated heterocycles. The van der Waals surface area contributed by atoms with Crippen LogP contribution in [0.2, 0.25) is 0 Å². The van der Waals surface area contributed by atoms with Crippen molar-refractivity contribution in [3.63, 3.8) is 0 Å². The second kappa shape index (κ2) is 26.0. The second-order valence-corrected chi connectivity index (χ2v) is 11.5. The van der Waals surface area contributed by atoms with E-state index < -0.39 is 12.0 Å². The summed E-state index contributed by atoms with van der Waals surface area (Å²) in [5.41, 5.74) is 0. The molecule has 0 spiro atoms. The first kappa shape index (κ1) is 38.0. The summed E-state index contributed by atoms with van der Waals surface area (Å²) in [5, 5.41) is 18.1. The Bertz CT molecular complexity index is 683. The smallest absolute Gasteiger partial charge is 0.326 e. The first-order valence-corrected chi connectivity index (χ1v) is 16.3. The maximum Gasteiger partial charge on any atom is 0.326 e. The van der Waals surface area contributed by atoms with Crippen LogP contribution in [0.5, 0.6) is 0 Å². The predicted octanol–water partition coefficient (Wildman–Crippen LogP) is 6.31. The number of hydrogen-bond donors (Lipinski definition) is 4. The zero-order valence-electron chi connectivity index (χ0n) is 26.2. The molecule has 0 aliphatic rings. The number of aliphatic carboxylic acids is 1. The molecule has 0 rings (SSSR count). The van der Waals surface area contributed by atoms with E-state index in [1.807, 2.05) is 20.8 Å². The Labute approximate surface area is 244 Å². The molecule has 8 heteroatoms. The largest absolute Gasteiger partial charge is 0.480 e. The number of carboxylic acids is 1. The molecule has 0 aromatic carbocycles. The second-order valence-electron chi connectivity index (χ2n) is 11.5. The standard InChI is InChI=1S/C32H61N3O5/c1-5-7-8-9-10-11-12-13-14-15-16-17-18-22-30(37)35-28(32(39)40)23-24-29(36)34-25-20-19-21-27(33-6-2)31(38)26(3)4/h26-28,33H,5-25H2,1-4H3,(H,34,36)(H,35,37)(H,39,40)/t27-,28-/m0/s1. The molecular weight excluding hydrogens is 506 g/mol. The molecular formula is C32H61N3O5. The number of carbonyl (C=O) groups is 4. The van der Waals surface area contributed by atoms with Crippen LogP contribution in [0.4, 0.5) is 0 Å². The minimum absolute atomic E-state index is 0.0132. The Balaban J connectivity index is 3.93. The first-order chi connectivity index (χ1) is 19.2. The number of hydrogen-bond acceptors (Lipinski definition) is 5. The van der Waals surface area contributed by atoms with Crippen molar-refractivity contribution in [1.29, 1.82) is 0 Å². The molecule has 2 atom stereocenters.